The molecule has 2 aromatic rings. The van der Waals surface area contributed by atoms with Crippen LogP contribution in [0.25, 0.3) is 0 Å². The van der Waals surface area contributed by atoms with Crippen LogP contribution in [-0.2, 0) is 21.2 Å². The molecule has 0 saturated heterocycles. The van der Waals surface area contributed by atoms with E-state index < -0.39 is 10.0 Å². The fraction of sp³-hybridized carbons (Fsp3) is 0.316. The van der Waals surface area contributed by atoms with Crippen molar-refractivity contribution in [3.8, 4) is 0 Å². The van der Waals surface area contributed by atoms with Crippen LogP contribution in [0.4, 0.5) is 0 Å². The summed E-state index contributed by atoms with van der Waals surface area (Å²) in [6.07, 6.45) is 1.10. The van der Waals surface area contributed by atoms with Crippen LogP contribution < -0.4 is 10.5 Å². The van der Waals surface area contributed by atoms with E-state index in [0.29, 0.717) is 19.4 Å². The van der Waals surface area contributed by atoms with Crippen LogP contribution >= 0.6 is 11.8 Å². The largest absolute Gasteiger partial charge is 0.356 e. The first-order valence-electron chi connectivity index (χ1n) is 8.34. The number of sulfonamides is 1. The van der Waals surface area contributed by atoms with E-state index in [2.05, 4.69) is 37.4 Å². The van der Waals surface area contributed by atoms with E-state index in [1.165, 1.54) is 28.2 Å². The van der Waals surface area contributed by atoms with Gasteiger partial charge in [-0.25, -0.2) is 13.6 Å². The topological polar surface area (TPSA) is 89.3 Å². The molecule has 26 heavy (non-hydrogen) atoms. The summed E-state index contributed by atoms with van der Waals surface area (Å²) in [5.74, 6) is 0.750. The Morgan fingerprint density at radius 3 is 2.38 bits per heavy atom. The Balaban J connectivity index is 1.69. The number of carbonyl (C=O) groups excluding carboxylic acids is 1. The molecular weight excluding hydrogens is 368 g/mol. The molecule has 0 aliphatic carbocycles. The number of aryl methyl sites for hydroxylation is 2. The lowest BCUT2D eigenvalue weighted by molar-refractivity contribution is -0.120. The van der Waals surface area contributed by atoms with Gasteiger partial charge in [-0.2, -0.15) is 0 Å². The number of hydrogen-bond donors (Lipinski definition) is 2. The molecule has 2 rings (SSSR count). The highest BCUT2D eigenvalue weighted by molar-refractivity contribution is 7.99. The number of hydrogen-bond acceptors (Lipinski definition) is 4. The molecule has 0 heterocycles. The summed E-state index contributed by atoms with van der Waals surface area (Å²) < 4.78 is 22.4. The number of nitrogens with one attached hydrogen (secondary N) is 1. The molecule has 0 spiro atoms. The quantitative estimate of drug-likeness (QED) is 0.676. The van der Waals surface area contributed by atoms with Crippen molar-refractivity contribution < 1.29 is 13.2 Å². The molecule has 0 saturated carbocycles. The number of primary sulfonamides is 1. The predicted molar refractivity (Wildman–Crippen MR) is 106 cm³/mol. The van der Waals surface area contributed by atoms with Crippen molar-refractivity contribution in [2.45, 2.75) is 36.5 Å². The van der Waals surface area contributed by atoms with Gasteiger partial charge in [0.15, 0.2) is 0 Å². The maximum atomic E-state index is 11.9. The SMILES string of the molecule is Cc1ccc(SCCC(=O)NCCc2ccc(S(N)(=O)=O)cc2)cc1C. The van der Waals surface area contributed by atoms with Gasteiger partial charge in [-0.1, -0.05) is 18.2 Å². The molecule has 0 aliphatic heterocycles. The summed E-state index contributed by atoms with van der Waals surface area (Å²) in [4.78, 5) is 13.2. The molecule has 140 valence electrons. The molecule has 2 aromatic carbocycles. The highest BCUT2D eigenvalue weighted by atomic mass is 32.2. The first kappa shape index (κ1) is 20.5. The van der Waals surface area contributed by atoms with Crippen LogP contribution in [-0.4, -0.2) is 26.6 Å². The zero-order valence-electron chi connectivity index (χ0n) is 15.0. The summed E-state index contributed by atoms with van der Waals surface area (Å²) >= 11 is 1.68. The minimum Gasteiger partial charge on any atom is -0.356 e. The van der Waals surface area contributed by atoms with E-state index in [1.54, 1.807) is 23.9 Å². The molecule has 0 bridgehead atoms. The predicted octanol–water partition coefficient (Wildman–Crippen LogP) is 2.79. The van der Waals surface area contributed by atoms with Crippen molar-refractivity contribution in [2.75, 3.05) is 12.3 Å². The Labute approximate surface area is 159 Å². The van der Waals surface area contributed by atoms with Crippen LogP contribution in [0.2, 0.25) is 0 Å². The first-order chi connectivity index (χ1) is 12.3. The number of nitrogens with two attached hydrogens (primary N) is 1. The zero-order valence-corrected chi connectivity index (χ0v) is 16.6. The van der Waals surface area contributed by atoms with Gasteiger partial charge in [0, 0.05) is 23.6 Å². The van der Waals surface area contributed by atoms with Gasteiger partial charge in [-0.15, -0.1) is 11.8 Å². The molecule has 5 nitrogen and oxygen atoms in total. The van der Waals surface area contributed by atoms with Gasteiger partial charge in [0.25, 0.3) is 0 Å². The minimum atomic E-state index is -3.66. The Kier molecular flexibility index (Phi) is 7.25. The third-order valence-corrected chi connectivity index (χ3v) is 5.99. The normalized spacial score (nSPS) is 11.3. The second-order valence-electron chi connectivity index (χ2n) is 6.13. The molecule has 7 heteroatoms. The Bertz CT molecular complexity index is 863. The number of thioether (sulfide) groups is 1. The van der Waals surface area contributed by atoms with Crippen molar-refractivity contribution in [1.29, 1.82) is 0 Å². The third-order valence-electron chi connectivity index (χ3n) is 4.06. The summed E-state index contributed by atoms with van der Waals surface area (Å²) in [7, 11) is -3.66. The fourth-order valence-corrected chi connectivity index (χ4v) is 3.81. The van der Waals surface area contributed by atoms with Gasteiger partial charge in [-0.3, -0.25) is 4.79 Å². The van der Waals surface area contributed by atoms with Crippen LogP contribution in [0.5, 0.6) is 0 Å². The van der Waals surface area contributed by atoms with E-state index in [4.69, 9.17) is 5.14 Å². The number of benzene rings is 2. The maximum absolute atomic E-state index is 11.9. The van der Waals surface area contributed by atoms with E-state index in [1.807, 2.05) is 0 Å². The second kappa shape index (κ2) is 9.21. The van der Waals surface area contributed by atoms with E-state index in [0.717, 1.165) is 11.3 Å². The third kappa shape index (κ3) is 6.48. The van der Waals surface area contributed by atoms with Crippen molar-refractivity contribution in [3.05, 3.63) is 59.2 Å². The average Bonchev–Trinajstić information content (AvgIpc) is 2.58. The van der Waals surface area contributed by atoms with Crippen molar-refractivity contribution in [3.63, 3.8) is 0 Å². The van der Waals surface area contributed by atoms with Crippen LogP contribution in [0, 0.1) is 13.8 Å². The molecule has 0 aliphatic rings. The summed E-state index contributed by atoms with van der Waals surface area (Å²) in [5, 5.41) is 7.95. The molecule has 0 radical (unpaired) electrons. The molecule has 1 amide bonds. The maximum Gasteiger partial charge on any atom is 0.238 e. The first-order valence-corrected chi connectivity index (χ1v) is 10.9. The smallest absolute Gasteiger partial charge is 0.238 e. The minimum absolute atomic E-state index is 0.0162. The number of carbonyl (C=O) groups is 1. The lowest BCUT2D eigenvalue weighted by atomic mass is 10.1. The molecule has 0 unspecified atom stereocenters. The monoisotopic (exact) mass is 392 g/mol. The zero-order chi connectivity index (χ0) is 19.2. The lowest BCUT2D eigenvalue weighted by Gasteiger charge is -2.07. The highest BCUT2D eigenvalue weighted by Crippen LogP contribution is 2.21. The van der Waals surface area contributed by atoms with Gasteiger partial charge in [0.2, 0.25) is 15.9 Å². The standard InChI is InChI=1S/C19H24N2O3S2/c1-14-3-6-17(13-15(14)2)25-12-10-19(22)21-11-9-16-4-7-18(8-5-16)26(20,23)24/h3-8,13H,9-12H2,1-2H3,(H,21,22)(H2,20,23,24). The molecule has 3 N–H and O–H groups in total. The number of rotatable bonds is 8. The van der Waals surface area contributed by atoms with Crippen molar-refractivity contribution >= 4 is 27.7 Å². The molecule has 0 atom stereocenters. The van der Waals surface area contributed by atoms with Gasteiger partial charge in [0.1, 0.15) is 0 Å². The Hall–Kier alpha value is -1.83. The fourth-order valence-electron chi connectivity index (χ4n) is 2.35. The van der Waals surface area contributed by atoms with Gasteiger partial charge < -0.3 is 5.32 Å². The van der Waals surface area contributed by atoms with Crippen molar-refractivity contribution in [1.82, 2.24) is 5.32 Å². The molecular formula is C19H24N2O3S2. The Morgan fingerprint density at radius 2 is 1.77 bits per heavy atom. The highest BCUT2D eigenvalue weighted by Gasteiger charge is 2.07. The van der Waals surface area contributed by atoms with Crippen molar-refractivity contribution in [2.24, 2.45) is 5.14 Å². The average molecular weight is 393 g/mol. The lowest BCUT2D eigenvalue weighted by Crippen LogP contribution is -2.25. The summed E-state index contributed by atoms with van der Waals surface area (Å²) in [6, 6.07) is 12.7. The molecule has 0 fully saturated rings. The molecule has 0 aromatic heterocycles. The van der Waals surface area contributed by atoms with Gasteiger partial charge >= 0.3 is 0 Å². The van der Waals surface area contributed by atoms with Gasteiger partial charge in [-0.05, 0) is 61.2 Å². The Morgan fingerprint density at radius 1 is 1.08 bits per heavy atom. The van der Waals surface area contributed by atoms with Crippen LogP contribution in [0.3, 0.4) is 0 Å². The van der Waals surface area contributed by atoms with E-state index in [9.17, 15) is 13.2 Å². The van der Waals surface area contributed by atoms with E-state index in [-0.39, 0.29) is 10.8 Å². The van der Waals surface area contributed by atoms with Crippen LogP contribution in [0.1, 0.15) is 23.1 Å². The summed E-state index contributed by atoms with van der Waals surface area (Å²) in [6.45, 7) is 4.68. The second-order valence-corrected chi connectivity index (χ2v) is 8.86. The van der Waals surface area contributed by atoms with Gasteiger partial charge in [0.05, 0.1) is 4.90 Å². The van der Waals surface area contributed by atoms with E-state index >= 15 is 0 Å². The van der Waals surface area contributed by atoms with Crippen LogP contribution in [0.15, 0.2) is 52.3 Å². The summed E-state index contributed by atoms with van der Waals surface area (Å²) in [5.41, 5.74) is 3.47. The number of amides is 1.